The van der Waals surface area contributed by atoms with Gasteiger partial charge >= 0.3 is 6.18 Å². The minimum atomic E-state index is -4.94. The normalized spacial score (nSPS) is 13.0. The maximum absolute atomic E-state index is 14.7. The summed E-state index contributed by atoms with van der Waals surface area (Å²) in [5.74, 6) is -5.88. The predicted octanol–water partition coefficient (Wildman–Crippen LogP) is 7.19. The number of benzene rings is 4. The first-order valence-corrected chi connectivity index (χ1v) is 11.5. The van der Waals surface area contributed by atoms with Gasteiger partial charge in [0.2, 0.25) is 0 Å². The summed E-state index contributed by atoms with van der Waals surface area (Å²) in [4.78, 5) is 13.4. The van der Waals surface area contributed by atoms with Gasteiger partial charge in [-0.05, 0) is 65.2 Å². The number of hydrogen-bond donors (Lipinski definition) is 1. The summed E-state index contributed by atoms with van der Waals surface area (Å²) in [6.45, 7) is 0. The fraction of sp³-hybridized carbons (Fsp3) is 0.138. The van der Waals surface area contributed by atoms with E-state index in [-0.39, 0.29) is 28.9 Å². The molecule has 1 atom stereocenters. The molecular weight excluding hydrogens is 527 g/mol. The predicted molar refractivity (Wildman–Crippen MR) is 129 cm³/mol. The number of ether oxygens (including phenoxy) is 1. The Morgan fingerprint density at radius 3 is 2.05 bits per heavy atom. The van der Waals surface area contributed by atoms with E-state index in [0.717, 1.165) is 18.2 Å². The Morgan fingerprint density at radius 2 is 1.41 bits per heavy atom. The summed E-state index contributed by atoms with van der Waals surface area (Å²) in [6.07, 6.45) is -5.18. The SMILES string of the molecule is COc1cc(C(Cc2ccccc2)(NC(=O)c2ccc(F)c(F)c2)c2cc(F)cc(C(F)(F)F)c2)ccc1F. The maximum Gasteiger partial charge on any atom is 0.416 e. The second-order valence-corrected chi connectivity index (χ2v) is 8.73. The minimum absolute atomic E-state index is 0.0410. The summed E-state index contributed by atoms with van der Waals surface area (Å²) in [5, 5.41) is 2.61. The highest BCUT2D eigenvalue weighted by Gasteiger charge is 2.40. The zero-order valence-electron chi connectivity index (χ0n) is 20.3. The van der Waals surface area contributed by atoms with E-state index in [1.807, 2.05) is 0 Å². The molecule has 0 fully saturated rings. The topological polar surface area (TPSA) is 38.3 Å². The Balaban J connectivity index is 2.02. The van der Waals surface area contributed by atoms with Gasteiger partial charge in [-0.25, -0.2) is 17.6 Å². The Bertz CT molecular complexity index is 1510. The molecule has 1 N–H and O–H groups in total. The highest BCUT2D eigenvalue weighted by molar-refractivity contribution is 5.95. The fourth-order valence-electron chi connectivity index (χ4n) is 4.29. The zero-order valence-corrected chi connectivity index (χ0v) is 20.3. The van der Waals surface area contributed by atoms with Crippen LogP contribution in [0.5, 0.6) is 5.75 Å². The molecule has 0 saturated heterocycles. The molecule has 4 aromatic carbocycles. The molecular formula is C29H20F7NO2. The van der Waals surface area contributed by atoms with Crippen molar-refractivity contribution in [3.63, 3.8) is 0 Å². The van der Waals surface area contributed by atoms with Crippen LogP contribution in [0.3, 0.4) is 0 Å². The summed E-state index contributed by atoms with van der Waals surface area (Å²) >= 11 is 0. The number of halogens is 7. The molecule has 1 unspecified atom stereocenters. The molecule has 202 valence electrons. The van der Waals surface area contributed by atoms with Crippen molar-refractivity contribution in [1.82, 2.24) is 5.32 Å². The Morgan fingerprint density at radius 1 is 0.744 bits per heavy atom. The third kappa shape index (κ3) is 5.89. The molecule has 3 nitrogen and oxygen atoms in total. The van der Waals surface area contributed by atoms with Gasteiger partial charge in [-0.2, -0.15) is 13.2 Å². The van der Waals surface area contributed by atoms with Gasteiger partial charge in [0.25, 0.3) is 5.91 Å². The molecule has 4 aromatic rings. The van der Waals surface area contributed by atoms with Crippen molar-refractivity contribution in [1.29, 1.82) is 0 Å². The minimum Gasteiger partial charge on any atom is -0.494 e. The van der Waals surface area contributed by atoms with Gasteiger partial charge in [-0.15, -0.1) is 0 Å². The highest BCUT2D eigenvalue weighted by Crippen LogP contribution is 2.40. The number of methoxy groups -OCH3 is 1. The van der Waals surface area contributed by atoms with E-state index in [9.17, 15) is 35.5 Å². The number of amides is 1. The third-order valence-electron chi connectivity index (χ3n) is 6.18. The van der Waals surface area contributed by atoms with Gasteiger partial charge in [0, 0.05) is 12.0 Å². The van der Waals surface area contributed by atoms with Crippen molar-refractivity contribution in [2.24, 2.45) is 0 Å². The largest absolute Gasteiger partial charge is 0.494 e. The molecule has 0 heterocycles. The summed E-state index contributed by atoms with van der Waals surface area (Å²) in [7, 11) is 1.17. The standard InChI is InChI=1S/C29H20F7NO2/c1-39-26-15-19(8-10-24(26)32)28(16-17-5-3-2-4-6-17,20-12-21(29(34,35)36)14-22(30)13-20)37-27(38)18-7-9-23(31)25(33)11-18/h2-15H,16H2,1H3,(H,37,38). The molecule has 0 aliphatic carbocycles. The zero-order chi connectivity index (χ0) is 28.4. The maximum atomic E-state index is 14.7. The molecule has 0 radical (unpaired) electrons. The van der Waals surface area contributed by atoms with Crippen LogP contribution in [0, 0.1) is 23.3 Å². The van der Waals surface area contributed by atoms with Gasteiger partial charge in [0.15, 0.2) is 23.2 Å². The van der Waals surface area contributed by atoms with Crippen molar-refractivity contribution < 1.29 is 40.3 Å². The smallest absolute Gasteiger partial charge is 0.416 e. The van der Waals surface area contributed by atoms with E-state index in [4.69, 9.17) is 4.74 Å². The van der Waals surface area contributed by atoms with Crippen molar-refractivity contribution in [3.8, 4) is 5.75 Å². The van der Waals surface area contributed by atoms with Crippen LogP contribution in [0.1, 0.15) is 32.6 Å². The molecule has 1 amide bonds. The average Bonchev–Trinajstić information content (AvgIpc) is 2.89. The van der Waals surface area contributed by atoms with Crippen molar-refractivity contribution >= 4 is 5.91 Å². The molecule has 4 rings (SSSR count). The van der Waals surface area contributed by atoms with Crippen LogP contribution in [-0.2, 0) is 18.1 Å². The first kappa shape index (κ1) is 27.7. The van der Waals surface area contributed by atoms with E-state index in [2.05, 4.69) is 5.32 Å². The lowest BCUT2D eigenvalue weighted by Gasteiger charge is -2.37. The van der Waals surface area contributed by atoms with Gasteiger partial charge < -0.3 is 10.1 Å². The second kappa shape index (κ2) is 10.8. The highest BCUT2D eigenvalue weighted by atomic mass is 19.4. The molecule has 0 aromatic heterocycles. The number of carbonyl (C=O) groups excluding carboxylic acids is 1. The quantitative estimate of drug-likeness (QED) is 0.249. The lowest BCUT2D eigenvalue weighted by molar-refractivity contribution is -0.137. The molecule has 39 heavy (non-hydrogen) atoms. The van der Waals surface area contributed by atoms with E-state index in [1.54, 1.807) is 30.3 Å². The van der Waals surface area contributed by atoms with Crippen molar-refractivity contribution in [2.75, 3.05) is 7.11 Å². The number of hydrogen-bond acceptors (Lipinski definition) is 2. The first-order chi connectivity index (χ1) is 18.4. The van der Waals surface area contributed by atoms with Crippen LogP contribution in [0.4, 0.5) is 30.7 Å². The van der Waals surface area contributed by atoms with Crippen LogP contribution in [-0.4, -0.2) is 13.0 Å². The first-order valence-electron chi connectivity index (χ1n) is 11.5. The lowest BCUT2D eigenvalue weighted by Crippen LogP contribution is -2.49. The molecule has 0 aliphatic heterocycles. The number of nitrogens with one attached hydrogen (secondary N) is 1. The van der Waals surface area contributed by atoms with Crippen LogP contribution >= 0.6 is 0 Å². The van der Waals surface area contributed by atoms with Crippen LogP contribution in [0.15, 0.2) is 84.9 Å². The van der Waals surface area contributed by atoms with Gasteiger partial charge in [-0.1, -0.05) is 36.4 Å². The van der Waals surface area contributed by atoms with Gasteiger partial charge in [-0.3, -0.25) is 4.79 Å². The Hall–Kier alpha value is -4.34. The van der Waals surface area contributed by atoms with E-state index >= 15 is 0 Å². The number of alkyl halides is 3. The summed E-state index contributed by atoms with van der Waals surface area (Å²) in [6, 6.07) is 15.7. The fourth-order valence-corrected chi connectivity index (χ4v) is 4.29. The summed E-state index contributed by atoms with van der Waals surface area (Å²) < 4.78 is 103. The Kier molecular flexibility index (Phi) is 7.67. The third-order valence-corrected chi connectivity index (χ3v) is 6.18. The molecule has 0 aliphatic rings. The van der Waals surface area contributed by atoms with Crippen LogP contribution in [0.2, 0.25) is 0 Å². The van der Waals surface area contributed by atoms with E-state index < -0.39 is 46.5 Å². The monoisotopic (exact) mass is 547 g/mol. The van der Waals surface area contributed by atoms with E-state index in [1.165, 1.54) is 19.2 Å². The number of carbonyl (C=O) groups is 1. The van der Waals surface area contributed by atoms with E-state index in [0.29, 0.717) is 29.8 Å². The molecule has 0 saturated carbocycles. The average molecular weight is 547 g/mol. The summed E-state index contributed by atoms with van der Waals surface area (Å²) in [5.41, 5.74) is -3.43. The van der Waals surface area contributed by atoms with Crippen molar-refractivity contribution in [3.05, 3.63) is 136 Å². The molecule has 0 spiro atoms. The van der Waals surface area contributed by atoms with Crippen LogP contribution < -0.4 is 10.1 Å². The molecule has 10 heteroatoms. The van der Waals surface area contributed by atoms with Gasteiger partial charge in [0.1, 0.15) is 5.82 Å². The Labute approximate surface area is 218 Å². The van der Waals surface area contributed by atoms with Crippen molar-refractivity contribution in [2.45, 2.75) is 18.1 Å². The lowest BCUT2D eigenvalue weighted by atomic mass is 9.77. The van der Waals surface area contributed by atoms with Gasteiger partial charge in [0.05, 0.1) is 18.2 Å². The second-order valence-electron chi connectivity index (χ2n) is 8.73. The van der Waals surface area contributed by atoms with Crippen LogP contribution in [0.25, 0.3) is 0 Å². The molecule has 0 bridgehead atoms. The number of rotatable bonds is 7.